The number of hydrogen-bond acceptors (Lipinski definition) is 6. The van der Waals surface area contributed by atoms with Crippen LogP contribution in [0, 0.1) is 28.4 Å². The number of nitro groups is 1. The molecule has 1 unspecified atom stereocenters. The first-order valence-electron chi connectivity index (χ1n) is 11.0. The van der Waals surface area contributed by atoms with Crippen LogP contribution in [-0.4, -0.2) is 23.9 Å². The van der Waals surface area contributed by atoms with Crippen LogP contribution < -0.4 is 5.32 Å². The van der Waals surface area contributed by atoms with Gasteiger partial charge in [0, 0.05) is 11.8 Å². The minimum atomic E-state index is -1.30. The van der Waals surface area contributed by atoms with Gasteiger partial charge in [0.05, 0.1) is 29.2 Å². The average molecular weight is 472 g/mol. The standard InChI is InChI=1S/C27H25N3O5/c1-18-6-15-23(25(16-18)30(33)34)24(17-28)26(31)29-22-13-9-20(10-14-22)5-3-4-19-7-11-21(12-8-19)27(32)35-2/h6-16,24H,3-5H2,1-2H3,(H,29,31). The quantitative estimate of drug-likeness (QED) is 0.263. The molecule has 0 aliphatic rings. The van der Waals surface area contributed by atoms with E-state index in [0.29, 0.717) is 16.8 Å². The summed E-state index contributed by atoms with van der Waals surface area (Å²) in [7, 11) is 1.35. The van der Waals surface area contributed by atoms with Gasteiger partial charge in [-0.2, -0.15) is 5.26 Å². The SMILES string of the molecule is COC(=O)c1ccc(CCCc2ccc(NC(=O)C(C#N)c3ccc(C)cc3[N+](=O)[O-])cc2)cc1. The number of nitriles is 1. The van der Waals surface area contributed by atoms with Crippen LogP contribution in [0.2, 0.25) is 0 Å². The average Bonchev–Trinajstić information content (AvgIpc) is 2.86. The molecule has 8 heteroatoms. The van der Waals surface area contributed by atoms with Crippen LogP contribution in [0.1, 0.15) is 45.0 Å². The molecule has 8 nitrogen and oxygen atoms in total. The molecule has 0 radical (unpaired) electrons. The summed E-state index contributed by atoms with van der Waals surface area (Å²) in [5.74, 6) is -2.29. The zero-order chi connectivity index (χ0) is 25.4. The maximum Gasteiger partial charge on any atom is 0.337 e. The molecule has 0 aromatic heterocycles. The number of esters is 1. The third-order valence-electron chi connectivity index (χ3n) is 5.61. The Morgan fingerprint density at radius 1 is 1.03 bits per heavy atom. The third-order valence-corrected chi connectivity index (χ3v) is 5.61. The number of carbonyl (C=O) groups is 2. The molecule has 178 valence electrons. The molecule has 0 bridgehead atoms. The zero-order valence-corrected chi connectivity index (χ0v) is 19.5. The number of aryl methyl sites for hydroxylation is 3. The summed E-state index contributed by atoms with van der Waals surface area (Å²) in [6.07, 6.45) is 2.57. The van der Waals surface area contributed by atoms with Crippen LogP contribution in [-0.2, 0) is 22.4 Å². The van der Waals surface area contributed by atoms with Gasteiger partial charge >= 0.3 is 5.97 Å². The van der Waals surface area contributed by atoms with Gasteiger partial charge in [-0.15, -0.1) is 0 Å². The van der Waals surface area contributed by atoms with Crippen LogP contribution >= 0.6 is 0 Å². The van der Waals surface area contributed by atoms with E-state index < -0.39 is 16.7 Å². The fraction of sp³-hybridized carbons (Fsp3) is 0.222. The van der Waals surface area contributed by atoms with Crippen molar-refractivity contribution in [2.24, 2.45) is 0 Å². The van der Waals surface area contributed by atoms with Crippen molar-refractivity contribution in [3.8, 4) is 6.07 Å². The molecule has 3 aromatic rings. The number of hydrogen-bond donors (Lipinski definition) is 1. The van der Waals surface area contributed by atoms with Crippen molar-refractivity contribution in [1.29, 1.82) is 5.26 Å². The van der Waals surface area contributed by atoms with E-state index in [-0.39, 0.29) is 17.2 Å². The second-order valence-corrected chi connectivity index (χ2v) is 8.11. The van der Waals surface area contributed by atoms with E-state index in [1.165, 1.54) is 19.2 Å². The highest BCUT2D eigenvalue weighted by atomic mass is 16.6. The van der Waals surface area contributed by atoms with Gasteiger partial charge in [-0.05, 0) is 67.1 Å². The van der Waals surface area contributed by atoms with E-state index >= 15 is 0 Å². The van der Waals surface area contributed by atoms with E-state index in [2.05, 4.69) is 5.32 Å². The lowest BCUT2D eigenvalue weighted by Crippen LogP contribution is -2.21. The summed E-state index contributed by atoms with van der Waals surface area (Å²) >= 11 is 0. The molecule has 0 saturated carbocycles. The van der Waals surface area contributed by atoms with Crippen molar-refractivity contribution in [1.82, 2.24) is 0 Å². The first kappa shape index (κ1) is 25.1. The molecule has 35 heavy (non-hydrogen) atoms. The van der Waals surface area contributed by atoms with Gasteiger partial charge in [0.25, 0.3) is 5.69 Å². The van der Waals surface area contributed by atoms with Gasteiger partial charge < -0.3 is 10.1 Å². The Morgan fingerprint density at radius 3 is 2.17 bits per heavy atom. The number of rotatable bonds is 9. The van der Waals surface area contributed by atoms with Gasteiger partial charge in [-0.3, -0.25) is 14.9 Å². The first-order chi connectivity index (χ1) is 16.8. The Bertz CT molecular complexity index is 1260. The van der Waals surface area contributed by atoms with Crippen molar-refractivity contribution >= 4 is 23.3 Å². The maximum absolute atomic E-state index is 12.7. The van der Waals surface area contributed by atoms with Crippen molar-refractivity contribution in [3.05, 3.63) is 105 Å². The number of nitrogens with one attached hydrogen (secondary N) is 1. The Kier molecular flexibility index (Phi) is 8.30. The molecule has 3 aromatic carbocycles. The summed E-state index contributed by atoms with van der Waals surface area (Å²) in [5, 5.41) is 23.6. The number of methoxy groups -OCH3 is 1. The van der Waals surface area contributed by atoms with Gasteiger partial charge in [0.2, 0.25) is 5.91 Å². The fourth-order valence-electron chi connectivity index (χ4n) is 3.72. The molecule has 1 atom stereocenters. The van der Waals surface area contributed by atoms with Crippen molar-refractivity contribution in [2.45, 2.75) is 32.1 Å². The summed E-state index contributed by atoms with van der Waals surface area (Å²) in [4.78, 5) is 35.0. The third kappa shape index (κ3) is 6.51. The van der Waals surface area contributed by atoms with Crippen LogP contribution in [0.3, 0.4) is 0 Å². The van der Waals surface area contributed by atoms with Gasteiger partial charge in [0.1, 0.15) is 0 Å². The fourth-order valence-corrected chi connectivity index (χ4v) is 3.72. The van der Waals surface area contributed by atoms with E-state index in [9.17, 15) is 25.0 Å². The number of carbonyl (C=O) groups excluding carboxylic acids is 2. The summed E-state index contributed by atoms with van der Waals surface area (Å²) < 4.78 is 4.70. The predicted octanol–water partition coefficient (Wildman–Crippen LogP) is 5.11. The molecule has 0 spiro atoms. The molecule has 1 amide bonds. The Balaban J connectivity index is 1.58. The number of ether oxygens (including phenoxy) is 1. The van der Waals surface area contributed by atoms with Crippen molar-refractivity contribution in [2.75, 3.05) is 12.4 Å². The van der Waals surface area contributed by atoms with E-state index in [1.807, 2.05) is 30.3 Å². The molecule has 0 fully saturated rings. The highest BCUT2D eigenvalue weighted by Crippen LogP contribution is 2.28. The first-order valence-corrected chi connectivity index (χ1v) is 11.0. The second-order valence-electron chi connectivity index (χ2n) is 8.11. The molecule has 3 rings (SSSR count). The van der Waals surface area contributed by atoms with Gasteiger partial charge in [-0.1, -0.05) is 36.4 Å². The Labute approximate surface area is 203 Å². The minimum absolute atomic E-state index is 0.0665. The van der Waals surface area contributed by atoms with E-state index in [0.717, 1.165) is 30.4 Å². The largest absolute Gasteiger partial charge is 0.465 e. The van der Waals surface area contributed by atoms with Crippen molar-refractivity contribution in [3.63, 3.8) is 0 Å². The lowest BCUT2D eigenvalue weighted by Gasteiger charge is -2.12. The molecule has 0 saturated heterocycles. The summed E-state index contributed by atoms with van der Waals surface area (Å²) in [6.45, 7) is 1.71. The Morgan fingerprint density at radius 2 is 1.63 bits per heavy atom. The van der Waals surface area contributed by atoms with Crippen LogP contribution in [0.15, 0.2) is 66.7 Å². The smallest absolute Gasteiger partial charge is 0.337 e. The number of nitro benzene ring substituents is 1. The van der Waals surface area contributed by atoms with Gasteiger partial charge in [0.15, 0.2) is 5.92 Å². The number of anilines is 1. The topological polar surface area (TPSA) is 122 Å². The normalized spacial score (nSPS) is 11.2. The lowest BCUT2D eigenvalue weighted by atomic mass is 9.96. The predicted molar refractivity (Wildman–Crippen MR) is 131 cm³/mol. The highest BCUT2D eigenvalue weighted by Gasteiger charge is 2.28. The van der Waals surface area contributed by atoms with E-state index in [1.54, 1.807) is 37.3 Å². The minimum Gasteiger partial charge on any atom is -0.465 e. The monoisotopic (exact) mass is 471 g/mol. The summed E-state index contributed by atoms with van der Waals surface area (Å²) in [5.41, 5.74) is 3.72. The van der Waals surface area contributed by atoms with Gasteiger partial charge in [-0.25, -0.2) is 4.79 Å². The zero-order valence-electron chi connectivity index (χ0n) is 19.5. The van der Waals surface area contributed by atoms with Crippen LogP contribution in [0.5, 0.6) is 0 Å². The number of amides is 1. The van der Waals surface area contributed by atoms with Crippen LogP contribution in [0.4, 0.5) is 11.4 Å². The second kappa shape index (κ2) is 11.6. The molecule has 0 aliphatic carbocycles. The highest BCUT2D eigenvalue weighted by molar-refractivity contribution is 5.98. The molecule has 1 N–H and O–H groups in total. The maximum atomic E-state index is 12.7. The molecular formula is C27H25N3O5. The molecule has 0 heterocycles. The van der Waals surface area contributed by atoms with Crippen molar-refractivity contribution < 1.29 is 19.2 Å². The van der Waals surface area contributed by atoms with Crippen LogP contribution in [0.25, 0.3) is 0 Å². The molecule has 0 aliphatic heterocycles. The van der Waals surface area contributed by atoms with E-state index in [4.69, 9.17) is 4.74 Å². The summed E-state index contributed by atoms with van der Waals surface area (Å²) in [6, 6.07) is 20.9. The molecular weight excluding hydrogens is 446 g/mol. The number of nitrogens with zero attached hydrogens (tertiary/aromatic N) is 2. The Hall–Kier alpha value is -4.51. The lowest BCUT2D eigenvalue weighted by molar-refractivity contribution is -0.385. The number of benzene rings is 3.